The number of nitrogens with one attached hydrogen (secondary N) is 2. The Kier molecular flexibility index (Phi) is 5.55. The first-order valence-corrected chi connectivity index (χ1v) is 7.49. The molecule has 1 aromatic heterocycles. The summed E-state index contributed by atoms with van der Waals surface area (Å²) in [6.45, 7) is 8.27. The molecule has 2 aromatic rings. The zero-order chi connectivity index (χ0) is 15.1. The van der Waals surface area contributed by atoms with Crippen LogP contribution in [0, 0.1) is 12.8 Å². The molecule has 4 nitrogen and oxygen atoms in total. The molecule has 4 heteroatoms. The molecule has 0 aliphatic heterocycles. The Labute approximate surface area is 127 Å². The maximum Gasteiger partial charge on any atom is 0.131 e. The number of hydrogen-bond donors (Lipinski definition) is 2. The third kappa shape index (κ3) is 5.06. The van der Waals surface area contributed by atoms with Crippen LogP contribution in [0.25, 0.3) is 0 Å². The largest absolute Gasteiger partial charge is 0.370 e. The van der Waals surface area contributed by atoms with Gasteiger partial charge in [0.25, 0.3) is 0 Å². The van der Waals surface area contributed by atoms with Crippen LogP contribution < -0.4 is 10.6 Å². The lowest BCUT2D eigenvalue weighted by atomic mass is 10.1. The van der Waals surface area contributed by atoms with E-state index in [4.69, 9.17) is 0 Å². The lowest BCUT2D eigenvalue weighted by Gasteiger charge is -2.10. The van der Waals surface area contributed by atoms with Crippen LogP contribution in [0.1, 0.15) is 31.4 Å². The van der Waals surface area contributed by atoms with Crippen molar-refractivity contribution in [3.63, 3.8) is 0 Å². The van der Waals surface area contributed by atoms with Gasteiger partial charge in [0, 0.05) is 19.2 Å². The zero-order valence-electron chi connectivity index (χ0n) is 13.1. The predicted octanol–water partition coefficient (Wildman–Crippen LogP) is 3.86. The minimum atomic E-state index is 0.693. The van der Waals surface area contributed by atoms with Crippen LogP contribution in [0.2, 0.25) is 0 Å². The number of rotatable bonds is 7. The van der Waals surface area contributed by atoms with Gasteiger partial charge in [-0.05, 0) is 30.4 Å². The summed E-state index contributed by atoms with van der Waals surface area (Å²) in [6.07, 6.45) is 2.73. The van der Waals surface area contributed by atoms with E-state index in [1.54, 1.807) is 6.33 Å². The second-order valence-corrected chi connectivity index (χ2v) is 5.68. The lowest BCUT2D eigenvalue weighted by molar-refractivity contribution is 0.606. The average Bonchev–Trinajstić information content (AvgIpc) is 2.46. The Morgan fingerprint density at radius 1 is 1.05 bits per heavy atom. The smallest absolute Gasteiger partial charge is 0.131 e. The van der Waals surface area contributed by atoms with E-state index >= 15 is 0 Å². The molecule has 112 valence electrons. The molecular weight excluding hydrogens is 260 g/mol. The van der Waals surface area contributed by atoms with Crippen molar-refractivity contribution in [3.05, 3.63) is 47.8 Å². The Morgan fingerprint density at radius 3 is 2.48 bits per heavy atom. The highest BCUT2D eigenvalue weighted by molar-refractivity contribution is 5.47. The molecule has 0 radical (unpaired) electrons. The standard InChI is InChI=1S/C17H24N4/c1-13(2)8-9-18-16-10-17(21-12-20-16)19-11-15-7-5-4-6-14(15)3/h4-7,10,12-13H,8-9,11H2,1-3H3,(H2,18,19,20,21). The van der Waals surface area contributed by atoms with E-state index in [0.717, 1.165) is 31.1 Å². The van der Waals surface area contributed by atoms with Crippen molar-refractivity contribution in [2.75, 3.05) is 17.2 Å². The average molecular weight is 284 g/mol. The number of aryl methyl sites for hydroxylation is 1. The highest BCUT2D eigenvalue weighted by atomic mass is 15.1. The van der Waals surface area contributed by atoms with Gasteiger partial charge in [0.05, 0.1) is 0 Å². The second kappa shape index (κ2) is 7.62. The fourth-order valence-electron chi connectivity index (χ4n) is 2.03. The topological polar surface area (TPSA) is 49.8 Å². The highest BCUT2D eigenvalue weighted by Crippen LogP contribution is 2.13. The summed E-state index contributed by atoms with van der Waals surface area (Å²) in [4.78, 5) is 8.51. The van der Waals surface area contributed by atoms with Crippen molar-refractivity contribution < 1.29 is 0 Å². The zero-order valence-corrected chi connectivity index (χ0v) is 13.1. The lowest BCUT2D eigenvalue weighted by Crippen LogP contribution is -2.08. The second-order valence-electron chi connectivity index (χ2n) is 5.68. The van der Waals surface area contributed by atoms with E-state index in [0.29, 0.717) is 5.92 Å². The van der Waals surface area contributed by atoms with Crippen molar-refractivity contribution in [2.24, 2.45) is 5.92 Å². The Balaban J connectivity index is 1.90. The third-order valence-corrected chi connectivity index (χ3v) is 3.42. The van der Waals surface area contributed by atoms with Crippen LogP contribution in [0.5, 0.6) is 0 Å². The van der Waals surface area contributed by atoms with E-state index in [1.807, 2.05) is 6.07 Å². The van der Waals surface area contributed by atoms with Crippen LogP contribution in [0.3, 0.4) is 0 Å². The molecule has 2 N–H and O–H groups in total. The molecule has 1 aromatic carbocycles. The van der Waals surface area contributed by atoms with Gasteiger partial charge >= 0.3 is 0 Å². The summed E-state index contributed by atoms with van der Waals surface area (Å²) in [5, 5.41) is 6.69. The van der Waals surface area contributed by atoms with Crippen LogP contribution in [0.4, 0.5) is 11.6 Å². The summed E-state index contributed by atoms with van der Waals surface area (Å²) >= 11 is 0. The highest BCUT2D eigenvalue weighted by Gasteiger charge is 2.01. The first-order chi connectivity index (χ1) is 10.1. The molecule has 0 aliphatic rings. The van der Waals surface area contributed by atoms with E-state index in [1.165, 1.54) is 11.1 Å². The van der Waals surface area contributed by atoms with E-state index in [9.17, 15) is 0 Å². The Bertz CT molecular complexity index is 566. The van der Waals surface area contributed by atoms with Crippen molar-refractivity contribution in [1.29, 1.82) is 0 Å². The van der Waals surface area contributed by atoms with Gasteiger partial charge in [-0.2, -0.15) is 0 Å². The molecule has 0 saturated carbocycles. The molecule has 1 heterocycles. The summed E-state index contributed by atoms with van der Waals surface area (Å²) in [6, 6.07) is 10.3. The molecule has 0 fully saturated rings. The minimum absolute atomic E-state index is 0.693. The van der Waals surface area contributed by atoms with Gasteiger partial charge in [0.2, 0.25) is 0 Å². The van der Waals surface area contributed by atoms with E-state index in [-0.39, 0.29) is 0 Å². The molecule has 0 unspecified atom stereocenters. The Morgan fingerprint density at radius 2 is 1.76 bits per heavy atom. The van der Waals surface area contributed by atoms with Crippen molar-refractivity contribution in [3.8, 4) is 0 Å². The Hall–Kier alpha value is -2.10. The molecule has 0 atom stereocenters. The number of anilines is 2. The van der Waals surface area contributed by atoms with Crippen molar-refractivity contribution in [2.45, 2.75) is 33.7 Å². The van der Waals surface area contributed by atoms with Gasteiger partial charge in [0.1, 0.15) is 18.0 Å². The molecule has 0 saturated heterocycles. The molecule has 0 spiro atoms. The SMILES string of the molecule is Cc1ccccc1CNc1cc(NCCC(C)C)ncn1. The van der Waals surface area contributed by atoms with Gasteiger partial charge in [-0.1, -0.05) is 38.1 Å². The summed E-state index contributed by atoms with van der Waals surface area (Å²) in [7, 11) is 0. The first kappa shape index (κ1) is 15.3. The molecule has 21 heavy (non-hydrogen) atoms. The van der Waals surface area contributed by atoms with Gasteiger partial charge < -0.3 is 10.6 Å². The van der Waals surface area contributed by atoms with Gasteiger partial charge in [0.15, 0.2) is 0 Å². The van der Waals surface area contributed by atoms with Crippen LogP contribution >= 0.6 is 0 Å². The molecular formula is C17H24N4. The molecule has 0 amide bonds. The number of benzene rings is 1. The predicted molar refractivity (Wildman–Crippen MR) is 88.5 cm³/mol. The fourth-order valence-corrected chi connectivity index (χ4v) is 2.03. The van der Waals surface area contributed by atoms with Crippen LogP contribution in [0.15, 0.2) is 36.7 Å². The van der Waals surface area contributed by atoms with Gasteiger partial charge in [-0.3, -0.25) is 0 Å². The quantitative estimate of drug-likeness (QED) is 0.810. The third-order valence-electron chi connectivity index (χ3n) is 3.42. The van der Waals surface area contributed by atoms with Crippen LogP contribution in [-0.4, -0.2) is 16.5 Å². The molecule has 2 rings (SSSR count). The monoisotopic (exact) mass is 284 g/mol. The number of aromatic nitrogens is 2. The van der Waals surface area contributed by atoms with Gasteiger partial charge in [-0.25, -0.2) is 9.97 Å². The van der Waals surface area contributed by atoms with Crippen molar-refractivity contribution in [1.82, 2.24) is 9.97 Å². The first-order valence-electron chi connectivity index (χ1n) is 7.49. The summed E-state index contributed by atoms with van der Waals surface area (Å²) < 4.78 is 0. The maximum atomic E-state index is 4.27. The minimum Gasteiger partial charge on any atom is -0.370 e. The normalized spacial score (nSPS) is 10.7. The summed E-state index contributed by atoms with van der Waals surface area (Å²) in [5.41, 5.74) is 2.57. The van der Waals surface area contributed by atoms with Crippen molar-refractivity contribution >= 4 is 11.6 Å². The fraction of sp³-hybridized carbons (Fsp3) is 0.412. The number of nitrogens with zero attached hydrogens (tertiary/aromatic N) is 2. The summed E-state index contributed by atoms with van der Waals surface area (Å²) in [5.74, 6) is 2.41. The van der Waals surface area contributed by atoms with Gasteiger partial charge in [-0.15, -0.1) is 0 Å². The van der Waals surface area contributed by atoms with E-state index in [2.05, 4.69) is 65.6 Å². The maximum absolute atomic E-state index is 4.27. The molecule has 0 bridgehead atoms. The van der Waals surface area contributed by atoms with Crippen LogP contribution in [-0.2, 0) is 6.54 Å². The van der Waals surface area contributed by atoms with E-state index < -0.39 is 0 Å². The number of hydrogen-bond acceptors (Lipinski definition) is 4. The molecule has 0 aliphatic carbocycles.